The van der Waals surface area contributed by atoms with E-state index in [0.717, 1.165) is 18.4 Å². The lowest BCUT2D eigenvalue weighted by Crippen LogP contribution is -2.43. The number of nitrogens with zero attached hydrogens (tertiary/aromatic N) is 1. The summed E-state index contributed by atoms with van der Waals surface area (Å²) >= 11 is 0. The van der Waals surface area contributed by atoms with E-state index in [9.17, 15) is 14.7 Å². The average Bonchev–Trinajstić information content (AvgIpc) is 3.10. The number of piperidine rings is 1. The second kappa shape index (κ2) is 10.8. The van der Waals surface area contributed by atoms with Gasteiger partial charge in [-0.2, -0.15) is 0 Å². The first-order valence-electron chi connectivity index (χ1n) is 9.02. The van der Waals surface area contributed by atoms with E-state index in [2.05, 4.69) is 0 Å². The number of ether oxygens (including phenoxy) is 1. The summed E-state index contributed by atoms with van der Waals surface area (Å²) in [5.41, 5.74) is 0.928. The van der Waals surface area contributed by atoms with Crippen molar-refractivity contribution in [2.45, 2.75) is 50.7 Å². The Balaban J connectivity index is 1.77. The molecular formula is C19H27NO6. The number of aliphatic carboxylic acids is 1. The van der Waals surface area contributed by atoms with Crippen molar-refractivity contribution in [3.63, 3.8) is 0 Å². The number of hydrogen-bond acceptors (Lipinski definition) is 5. The summed E-state index contributed by atoms with van der Waals surface area (Å²) in [6.45, 7) is 1.18. The number of amides is 1. The highest BCUT2D eigenvalue weighted by Crippen LogP contribution is 2.20. The first kappa shape index (κ1) is 20.2. The number of carbonyl (C=O) groups excluding carboxylic acids is 1. The van der Waals surface area contributed by atoms with Crippen molar-refractivity contribution in [1.29, 1.82) is 0 Å². The zero-order valence-electron chi connectivity index (χ0n) is 14.9. The van der Waals surface area contributed by atoms with Crippen LogP contribution in [0, 0.1) is 0 Å². The number of aliphatic hydroxyl groups excluding tert-OH is 1. The Morgan fingerprint density at radius 1 is 1.46 bits per heavy atom. The molecule has 2 rings (SSSR count). The van der Waals surface area contributed by atoms with Crippen molar-refractivity contribution in [3.05, 3.63) is 36.3 Å². The van der Waals surface area contributed by atoms with Crippen molar-refractivity contribution < 1.29 is 29.0 Å². The number of carboxylic acid groups (broad SMARTS) is 1. The fraction of sp³-hybridized carbons (Fsp3) is 0.579. The van der Waals surface area contributed by atoms with Gasteiger partial charge < -0.3 is 24.3 Å². The van der Waals surface area contributed by atoms with E-state index < -0.39 is 12.1 Å². The fourth-order valence-corrected chi connectivity index (χ4v) is 3.01. The van der Waals surface area contributed by atoms with Crippen LogP contribution in [0.15, 0.2) is 35.2 Å². The van der Waals surface area contributed by atoms with Gasteiger partial charge in [-0.15, -0.1) is 0 Å². The maximum absolute atomic E-state index is 12.2. The van der Waals surface area contributed by atoms with Crippen LogP contribution in [0.1, 0.15) is 37.7 Å². The first-order chi connectivity index (χ1) is 12.6. The third-order valence-corrected chi connectivity index (χ3v) is 4.34. The van der Waals surface area contributed by atoms with Crippen LogP contribution in [-0.4, -0.2) is 58.9 Å². The van der Waals surface area contributed by atoms with Crippen LogP contribution in [0.3, 0.4) is 0 Å². The van der Waals surface area contributed by atoms with E-state index in [1.165, 1.54) is 0 Å². The molecule has 26 heavy (non-hydrogen) atoms. The molecule has 144 valence electrons. The van der Waals surface area contributed by atoms with Gasteiger partial charge >= 0.3 is 5.97 Å². The second-order valence-electron chi connectivity index (χ2n) is 6.44. The molecule has 2 atom stereocenters. The van der Waals surface area contributed by atoms with E-state index in [-0.39, 0.29) is 25.0 Å². The number of rotatable bonds is 11. The van der Waals surface area contributed by atoms with Gasteiger partial charge in [0.25, 0.3) is 0 Å². The molecule has 2 heterocycles. The standard InChI is InChI=1S/C19H27NO6/c21-17(13-15-7-11-26-14-15)6-5-16-3-1-4-18(22)20(16)9-2-10-25-12-8-19(23)24/h5-7,11,14,16-17,21H,1-4,8-10,12-13H2,(H,23,24)/t16-,17?/m1/s1. The summed E-state index contributed by atoms with van der Waals surface area (Å²) in [7, 11) is 0. The molecule has 7 nitrogen and oxygen atoms in total. The minimum Gasteiger partial charge on any atom is -0.481 e. The van der Waals surface area contributed by atoms with Gasteiger partial charge in [0.15, 0.2) is 0 Å². The van der Waals surface area contributed by atoms with Crippen molar-refractivity contribution in [3.8, 4) is 0 Å². The summed E-state index contributed by atoms with van der Waals surface area (Å²) in [4.78, 5) is 24.5. The van der Waals surface area contributed by atoms with Gasteiger partial charge in [-0.1, -0.05) is 12.2 Å². The van der Waals surface area contributed by atoms with E-state index in [0.29, 0.717) is 32.4 Å². The molecule has 0 saturated carbocycles. The molecule has 1 aliphatic rings. The molecule has 0 bridgehead atoms. The second-order valence-corrected chi connectivity index (χ2v) is 6.44. The molecule has 1 unspecified atom stereocenters. The predicted octanol–water partition coefficient (Wildman–Crippen LogP) is 2.00. The topological polar surface area (TPSA) is 100 Å². The average molecular weight is 365 g/mol. The number of likely N-dealkylation sites (tertiary alicyclic amines) is 1. The minimum absolute atomic E-state index is 0.0114. The number of carbonyl (C=O) groups is 2. The van der Waals surface area contributed by atoms with Crippen LogP contribution in [0.2, 0.25) is 0 Å². The SMILES string of the molecule is O=C(O)CCOCCCN1C(=O)CCC[C@@H]1C=CC(O)Cc1ccoc1. The largest absolute Gasteiger partial charge is 0.481 e. The highest BCUT2D eigenvalue weighted by Gasteiger charge is 2.25. The number of furan rings is 1. The van der Waals surface area contributed by atoms with E-state index in [1.54, 1.807) is 18.6 Å². The highest BCUT2D eigenvalue weighted by atomic mass is 16.5. The summed E-state index contributed by atoms with van der Waals surface area (Å²) in [5, 5.41) is 18.7. The smallest absolute Gasteiger partial charge is 0.305 e. The van der Waals surface area contributed by atoms with Crippen LogP contribution in [0.25, 0.3) is 0 Å². The minimum atomic E-state index is -0.879. The van der Waals surface area contributed by atoms with Crippen molar-refractivity contribution in [2.24, 2.45) is 0 Å². The molecule has 1 aromatic heterocycles. The molecular weight excluding hydrogens is 338 g/mol. The molecule has 2 N–H and O–H groups in total. The third kappa shape index (κ3) is 7.01. The molecule has 1 fully saturated rings. The normalized spacial score (nSPS) is 19.2. The van der Waals surface area contributed by atoms with Crippen molar-refractivity contribution >= 4 is 11.9 Å². The van der Waals surface area contributed by atoms with Crippen molar-refractivity contribution in [2.75, 3.05) is 19.8 Å². The monoisotopic (exact) mass is 365 g/mol. The number of hydrogen-bond donors (Lipinski definition) is 2. The lowest BCUT2D eigenvalue weighted by molar-refractivity contribution is -0.138. The van der Waals surface area contributed by atoms with E-state index in [1.807, 2.05) is 17.0 Å². The lowest BCUT2D eigenvalue weighted by atomic mass is 9.99. The Hall–Kier alpha value is -2.12. The van der Waals surface area contributed by atoms with Crippen LogP contribution < -0.4 is 0 Å². The van der Waals surface area contributed by atoms with Gasteiger partial charge in [0.05, 0.1) is 37.7 Å². The van der Waals surface area contributed by atoms with E-state index >= 15 is 0 Å². The highest BCUT2D eigenvalue weighted by molar-refractivity contribution is 5.77. The predicted molar refractivity (Wildman–Crippen MR) is 94.6 cm³/mol. The maximum atomic E-state index is 12.2. The van der Waals surface area contributed by atoms with E-state index in [4.69, 9.17) is 14.3 Å². The molecule has 0 spiro atoms. The molecule has 7 heteroatoms. The Bertz CT molecular complexity index is 583. The number of aliphatic hydroxyl groups is 1. The zero-order valence-corrected chi connectivity index (χ0v) is 14.9. The summed E-state index contributed by atoms with van der Waals surface area (Å²) < 4.78 is 10.3. The van der Waals surface area contributed by atoms with Crippen LogP contribution in [0.4, 0.5) is 0 Å². The Morgan fingerprint density at radius 2 is 2.31 bits per heavy atom. The Morgan fingerprint density at radius 3 is 3.04 bits per heavy atom. The molecule has 1 saturated heterocycles. The summed E-state index contributed by atoms with van der Waals surface area (Å²) in [6.07, 6.45) is 9.61. The molecule has 1 aromatic rings. The fourth-order valence-electron chi connectivity index (χ4n) is 3.01. The molecule has 0 radical (unpaired) electrons. The number of carboxylic acids is 1. The maximum Gasteiger partial charge on any atom is 0.305 e. The first-order valence-corrected chi connectivity index (χ1v) is 9.02. The molecule has 0 aliphatic carbocycles. The van der Waals surface area contributed by atoms with Crippen molar-refractivity contribution in [1.82, 2.24) is 4.90 Å². The molecule has 0 aromatic carbocycles. The Kier molecular flexibility index (Phi) is 8.37. The van der Waals surface area contributed by atoms with Crippen LogP contribution in [0.5, 0.6) is 0 Å². The van der Waals surface area contributed by atoms with Gasteiger partial charge in [0, 0.05) is 26.0 Å². The van der Waals surface area contributed by atoms with Gasteiger partial charge in [-0.25, -0.2) is 0 Å². The Labute approximate surface area is 153 Å². The summed E-state index contributed by atoms with van der Waals surface area (Å²) in [6, 6.07) is 1.80. The van der Waals surface area contributed by atoms with Gasteiger partial charge in [0.1, 0.15) is 0 Å². The van der Waals surface area contributed by atoms with Crippen LogP contribution in [-0.2, 0) is 20.7 Å². The van der Waals surface area contributed by atoms with Gasteiger partial charge in [0.2, 0.25) is 5.91 Å². The quantitative estimate of drug-likeness (QED) is 0.460. The van der Waals surface area contributed by atoms with Crippen LogP contribution >= 0.6 is 0 Å². The third-order valence-electron chi connectivity index (χ3n) is 4.34. The van der Waals surface area contributed by atoms with Gasteiger partial charge in [-0.05, 0) is 30.9 Å². The zero-order chi connectivity index (χ0) is 18.8. The molecule has 1 amide bonds. The summed E-state index contributed by atoms with van der Waals surface area (Å²) in [5.74, 6) is -0.767. The van der Waals surface area contributed by atoms with Gasteiger partial charge in [-0.3, -0.25) is 9.59 Å². The lowest BCUT2D eigenvalue weighted by Gasteiger charge is -2.34. The molecule has 1 aliphatic heterocycles.